The number of hydrogen-bond acceptors (Lipinski definition) is 3. The molecule has 0 aromatic heterocycles. The van der Waals surface area contributed by atoms with E-state index in [-0.39, 0.29) is 5.84 Å². The van der Waals surface area contributed by atoms with Crippen LogP contribution in [0.15, 0.2) is 30.3 Å². The Hall–Kier alpha value is -1.55. The molecule has 1 aromatic carbocycles. The third-order valence-electron chi connectivity index (χ3n) is 2.95. The molecular formula is C16H27N3O. The maximum absolute atomic E-state index is 7.32. The molecule has 0 unspecified atom stereocenters. The molecule has 0 radical (unpaired) electrons. The summed E-state index contributed by atoms with van der Waals surface area (Å²) in [5, 5.41) is 7.32. The minimum atomic E-state index is 0.263. The van der Waals surface area contributed by atoms with Crippen molar-refractivity contribution in [2.24, 2.45) is 11.7 Å². The number of nitrogens with one attached hydrogen (secondary N) is 1. The molecule has 0 fully saturated rings. The Balaban J connectivity index is 2.25. The lowest BCUT2D eigenvalue weighted by atomic mass is 10.2. The first kappa shape index (κ1) is 16.5. The molecule has 0 saturated carbocycles. The van der Waals surface area contributed by atoms with Gasteiger partial charge in [0.05, 0.1) is 12.4 Å². The van der Waals surface area contributed by atoms with Gasteiger partial charge >= 0.3 is 0 Å². The summed E-state index contributed by atoms with van der Waals surface area (Å²) in [6, 6.07) is 9.89. The highest BCUT2D eigenvalue weighted by Crippen LogP contribution is 2.09. The molecule has 0 saturated heterocycles. The molecule has 0 aliphatic rings. The summed E-state index contributed by atoms with van der Waals surface area (Å²) >= 11 is 0. The summed E-state index contributed by atoms with van der Waals surface area (Å²) in [6.45, 7) is 8.02. The molecule has 0 aliphatic heterocycles. The van der Waals surface area contributed by atoms with E-state index in [1.54, 1.807) is 0 Å². The van der Waals surface area contributed by atoms with E-state index >= 15 is 0 Å². The van der Waals surface area contributed by atoms with Crippen LogP contribution in [0.5, 0.6) is 5.75 Å². The second-order valence-electron chi connectivity index (χ2n) is 5.48. The Morgan fingerprint density at radius 3 is 2.55 bits per heavy atom. The van der Waals surface area contributed by atoms with Gasteiger partial charge in [-0.25, -0.2) is 0 Å². The van der Waals surface area contributed by atoms with E-state index in [9.17, 15) is 0 Å². The van der Waals surface area contributed by atoms with Gasteiger partial charge in [-0.3, -0.25) is 5.41 Å². The van der Waals surface area contributed by atoms with E-state index in [1.807, 2.05) is 30.3 Å². The Bertz CT molecular complexity index is 379. The summed E-state index contributed by atoms with van der Waals surface area (Å²) in [7, 11) is 0. The predicted molar refractivity (Wildman–Crippen MR) is 84.4 cm³/mol. The lowest BCUT2D eigenvalue weighted by molar-refractivity contribution is 0.220. The molecule has 4 heteroatoms. The zero-order chi connectivity index (χ0) is 14.8. The fourth-order valence-corrected chi connectivity index (χ4v) is 2.08. The van der Waals surface area contributed by atoms with E-state index in [0.717, 1.165) is 38.4 Å². The standard InChI is InChI=1S/C16H27N3O/c1-14(2)13-19(11-9-16(17)18)10-6-12-20-15-7-4-3-5-8-15/h3-5,7-8,14H,6,9-13H2,1-2H3,(H3,17,18). The van der Waals surface area contributed by atoms with Crippen LogP contribution < -0.4 is 10.5 Å². The van der Waals surface area contributed by atoms with Crippen molar-refractivity contribution in [2.75, 3.05) is 26.2 Å². The number of ether oxygens (including phenoxy) is 1. The largest absolute Gasteiger partial charge is 0.494 e. The van der Waals surface area contributed by atoms with Gasteiger partial charge in [0.25, 0.3) is 0 Å². The highest BCUT2D eigenvalue weighted by Gasteiger charge is 2.07. The molecule has 1 aromatic rings. The molecule has 0 amide bonds. The average Bonchev–Trinajstić information content (AvgIpc) is 2.41. The van der Waals surface area contributed by atoms with E-state index in [0.29, 0.717) is 12.3 Å². The lowest BCUT2D eigenvalue weighted by Gasteiger charge is -2.24. The number of rotatable bonds is 10. The number of nitrogens with zero attached hydrogens (tertiary/aromatic N) is 1. The summed E-state index contributed by atoms with van der Waals surface area (Å²) in [5.41, 5.74) is 5.43. The minimum absolute atomic E-state index is 0.263. The fourth-order valence-electron chi connectivity index (χ4n) is 2.08. The van der Waals surface area contributed by atoms with Gasteiger partial charge in [0.2, 0.25) is 0 Å². The van der Waals surface area contributed by atoms with Gasteiger partial charge in [0.1, 0.15) is 5.75 Å². The molecule has 4 nitrogen and oxygen atoms in total. The molecule has 1 rings (SSSR count). The maximum atomic E-state index is 7.32. The molecule has 0 spiro atoms. The van der Waals surface area contributed by atoms with Crippen LogP contribution in [-0.4, -0.2) is 37.0 Å². The number of para-hydroxylation sites is 1. The smallest absolute Gasteiger partial charge is 0.119 e. The first-order chi connectivity index (χ1) is 9.58. The van der Waals surface area contributed by atoms with Crippen molar-refractivity contribution >= 4 is 5.84 Å². The Kier molecular flexibility index (Phi) is 7.73. The molecule has 20 heavy (non-hydrogen) atoms. The number of amidine groups is 1. The molecule has 0 heterocycles. The summed E-state index contributed by atoms with van der Waals surface area (Å²) in [6.07, 6.45) is 1.63. The van der Waals surface area contributed by atoms with Crippen molar-refractivity contribution in [3.63, 3.8) is 0 Å². The summed E-state index contributed by atoms with van der Waals surface area (Å²) < 4.78 is 5.69. The van der Waals surface area contributed by atoms with Crippen molar-refractivity contribution in [1.29, 1.82) is 5.41 Å². The van der Waals surface area contributed by atoms with Crippen molar-refractivity contribution in [1.82, 2.24) is 4.90 Å². The molecule has 0 atom stereocenters. The van der Waals surface area contributed by atoms with Crippen molar-refractivity contribution in [3.8, 4) is 5.75 Å². The zero-order valence-corrected chi connectivity index (χ0v) is 12.6. The average molecular weight is 277 g/mol. The normalized spacial score (nSPS) is 11.0. The van der Waals surface area contributed by atoms with E-state index in [1.165, 1.54) is 0 Å². The second-order valence-corrected chi connectivity index (χ2v) is 5.48. The highest BCUT2D eigenvalue weighted by atomic mass is 16.5. The Morgan fingerprint density at radius 2 is 1.95 bits per heavy atom. The van der Waals surface area contributed by atoms with Gasteiger partial charge in [-0.15, -0.1) is 0 Å². The number of nitrogens with two attached hydrogens (primary N) is 1. The Labute approximate surface area is 122 Å². The minimum Gasteiger partial charge on any atom is -0.494 e. The van der Waals surface area contributed by atoms with Gasteiger partial charge < -0.3 is 15.4 Å². The predicted octanol–water partition coefficient (Wildman–Crippen LogP) is 2.74. The first-order valence-electron chi connectivity index (χ1n) is 7.31. The monoisotopic (exact) mass is 277 g/mol. The van der Waals surface area contributed by atoms with Gasteiger partial charge in [-0.2, -0.15) is 0 Å². The van der Waals surface area contributed by atoms with Crippen LogP contribution in [0.25, 0.3) is 0 Å². The van der Waals surface area contributed by atoms with Gasteiger partial charge in [0.15, 0.2) is 0 Å². The van der Waals surface area contributed by atoms with Gasteiger partial charge in [0, 0.05) is 26.1 Å². The first-order valence-corrected chi connectivity index (χ1v) is 7.31. The van der Waals surface area contributed by atoms with Crippen LogP contribution in [0, 0.1) is 11.3 Å². The molecule has 112 valence electrons. The summed E-state index contributed by atoms with van der Waals surface area (Å²) in [5.74, 6) is 1.81. The van der Waals surface area contributed by atoms with Gasteiger partial charge in [-0.05, 0) is 24.5 Å². The molecule has 3 N–H and O–H groups in total. The van der Waals surface area contributed by atoms with Crippen LogP contribution in [0.1, 0.15) is 26.7 Å². The second kappa shape index (κ2) is 9.37. The molecule has 0 aliphatic carbocycles. The van der Waals surface area contributed by atoms with Gasteiger partial charge in [-0.1, -0.05) is 32.0 Å². The summed E-state index contributed by atoms with van der Waals surface area (Å²) in [4.78, 5) is 2.36. The van der Waals surface area contributed by atoms with Crippen LogP contribution in [0.3, 0.4) is 0 Å². The maximum Gasteiger partial charge on any atom is 0.119 e. The Morgan fingerprint density at radius 1 is 1.25 bits per heavy atom. The zero-order valence-electron chi connectivity index (χ0n) is 12.6. The molecular weight excluding hydrogens is 250 g/mol. The van der Waals surface area contributed by atoms with Crippen LogP contribution in [-0.2, 0) is 0 Å². The van der Waals surface area contributed by atoms with Crippen LogP contribution >= 0.6 is 0 Å². The quantitative estimate of drug-likeness (QED) is 0.393. The van der Waals surface area contributed by atoms with Crippen molar-refractivity contribution in [3.05, 3.63) is 30.3 Å². The SMILES string of the molecule is CC(C)CN(CCCOc1ccccc1)CCC(=N)N. The lowest BCUT2D eigenvalue weighted by Crippen LogP contribution is -2.32. The van der Waals surface area contributed by atoms with E-state index in [2.05, 4.69) is 18.7 Å². The topological polar surface area (TPSA) is 62.3 Å². The highest BCUT2D eigenvalue weighted by molar-refractivity contribution is 5.76. The third kappa shape index (κ3) is 7.79. The van der Waals surface area contributed by atoms with Crippen LogP contribution in [0.4, 0.5) is 0 Å². The number of hydrogen-bond donors (Lipinski definition) is 2. The van der Waals surface area contributed by atoms with Crippen molar-refractivity contribution < 1.29 is 4.74 Å². The van der Waals surface area contributed by atoms with E-state index < -0.39 is 0 Å². The van der Waals surface area contributed by atoms with E-state index in [4.69, 9.17) is 15.9 Å². The molecule has 0 bridgehead atoms. The number of benzene rings is 1. The van der Waals surface area contributed by atoms with Crippen molar-refractivity contribution in [2.45, 2.75) is 26.7 Å². The van der Waals surface area contributed by atoms with Crippen LogP contribution in [0.2, 0.25) is 0 Å². The fraction of sp³-hybridized carbons (Fsp3) is 0.562. The third-order valence-corrected chi connectivity index (χ3v) is 2.95.